The molecule has 0 radical (unpaired) electrons. The number of allylic oxidation sites excluding steroid dienone is 2. The van der Waals surface area contributed by atoms with Gasteiger partial charge < -0.3 is 22.5 Å². The normalized spacial score (nSPS) is 12.3. The maximum atomic E-state index is 13.5. The van der Waals surface area contributed by atoms with Crippen LogP contribution >= 0.6 is 0 Å². The summed E-state index contributed by atoms with van der Waals surface area (Å²) in [5, 5.41) is 2.95. The van der Waals surface area contributed by atoms with Crippen LogP contribution in [0.3, 0.4) is 0 Å². The second kappa shape index (κ2) is 6.83. The summed E-state index contributed by atoms with van der Waals surface area (Å²) in [5.74, 6) is 0.256. The summed E-state index contributed by atoms with van der Waals surface area (Å²) < 4.78 is 13.5. The predicted molar refractivity (Wildman–Crippen MR) is 93.7 cm³/mol. The number of aryl methyl sites for hydroxylation is 1. The van der Waals surface area contributed by atoms with Gasteiger partial charge in [-0.05, 0) is 54.0 Å². The number of hydrogen-bond donors (Lipinski definition) is 4. The number of nitrogens with one attached hydrogen (secondary N) is 1. The predicted octanol–water partition coefficient (Wildman–Crippen LogP) is 2.45. The summed E-state index contributed by atoms with van der Waals surface area (Å²) >= 11 is 0. The minimum atomic E-state index is -0.452. The number of halogens is 1. The Morgan fingerprint density at radius 3 is 2.70 bits per heavy atom. The zero-order valence-corrected chi connectivity index (χ0v) is 13.1. The molecule has 0 amide bonds. The van der Waals surface area contributed by atoms with Crippen LogP contribution in [-0.2, 0) is 0 Å². The number of nitrogen functional groups attached to an aromatic ring is 1. The highest BCUT2D eigenvalue weighted by atomic mass is 19.1. The van der Waals surface area contributed by atoms with Gasteiger partial charge in [-0.3, -0.25) is 0 Å². The van der Waals surface area contributed by atoms with Gasteiger partial charge in [-0.2, -0.15) is 0 Å². The van der Waals surface area contributed by atoms with Gasteiger partial charge in [0.1, 0.15) is 11.6 Å². The molecule has 0 aliphatic rings. The fraction of sp³-hybridized carbons (Fsp3) is 0.118. The Bertz CT molecular complexity index is 781. The summed E-state index contributed by atoms with van der Waals surface area (Å²) in [4.78, 5) is 4.14. The van der Waals surface area contributed by atoms with E-state index in [0.717, 1.165) is 16.7 Å². The third kappa shape index (κ3) is 3.60. The molecule has 23 heavy (non-hydrogen) atoms. The number of anilines is 2. The van der Waals surface area contributed by atoms with Crippen molar-refractivity contribution in [3.05, 3.63) is 65.2 Å². The molecule has 0 aliphatic heterocycles. The lowest BCUT2D eigenvalue weighted by Gasteiger charge is -2.11. The molecule has 2 aromatic rings. The minimum absolute atomic E-state index is 0.0679. The number of nitrogens with two attached hydrogens (primary N) is 3. The van der Waals surface area contributed by atoms with E-state index in [1.54, 1.807) is 38.4 Å². The zero-order valence-electron chi connectivity index (χ0n) is 13.1. The highest BCUT2D eigenvalue weighted by Gasteiger charge is 2.09. The molecular formula is C17H20FN5. The molecule has 0 spiro atoms. The molecule has 1 aromatic heterocycles. The number of aromatic nitrogens is 1. The number of pyridine rings is 1. The molecule has 0 aliphatic carbocycles. The molecule has 2 rings (SSSR count). The molecule has 5 nitrogen and oxygen atoms in total. The van der Waals surface area contributed by atoms with E-state index in [4.69, 9.17) is 17.2 Å². The topological polar surface area (TPSA) is 103 Å². The van der Waals surface area contributed by atoms with Gasteiger partial charge in [0, 0.05) is 30.7 Å². The van der Waals surface area contributed by atoms with Crippen LogP contribution in [0.15, 0.2) is 42.7 Å². The third-order valence-electron chi connectivity index (χ3n) is 3.49. The quantitative estimate of drug-likeness (QED) is 0.513. The Morgan fingerprint density at radius 1 is 1.30 bits per heavy atom. The fourth-order valence-corrected chi connectivity index (χ4v) is 2.21. The van der Waals surface area contributed by atoms with Crippen molar-refractivity contribution in [1.29, 1.82) is 0 Å². The number of benzene rings is 1. The molecule has 0 saturated carbocycles. The van der Waals surface area contributed by atoms with Crippen molar-refractivity contribution in [2.45, 2.75) is 6.92 Å². The molecule has 0 atom stereocenters. The van der Waals surface area contributed by atoms with Crippen LogP contribution in [-0.4, -0.2) is 12.0 Å². The van der Waals surface area contributed by atoms with Gasteiger partial charge >= 0.3 is 0 Å². The van der Waals surface area contributed by atoms with Gasteiger partial charge in [0.05, 0.1) is 5.69 Å². The van der Waals surface area contributed by atoms with Crippen LogP contribution in [0.2, 0.25) is 0 Å². The maximum absolute atomic E-state index is 13.5. The smallest absolute Gasteiger partial charge is 0.146 e. The van der Waals surface area contributed by atoms with Gasteiger partial charge in [0.15, 0.2) is 0 Å². The lowest BCUT2D eigenvalue weighted by atomic mass is 9.98. The van der Waals surface area contributed by atoms with E-state index < -0.39 is 5.82 Å². The van der Waals surface area contributed by atoms with Crippen LogP contribution in [0.25, 0.3) is 11.3 Å². The van der Waals surface area contributed by atoms with Crippen molar-refractivity contribution in [3.8, 4) is 0 Å². The molecule has 7 N–H and O–H groups in total. The fourth-order valence-electron chi connectivity index (χ4n) is 2.21. The van der Waals surface area contributed by atoms with Crippen LogP contribution in [0.1, 0.15) is 16.7 Å². The van der Waals surface area contributed by atoms with E-state index in [-0.39, 0.29) is 5.69 Å². The number of hydrogen-bond acceptors (Lipinski definition) is 5. The number of rotatable bonds is 4. The second-order valence-electron chi connectivity index (χ2n) is 5.09. The molecule has 6 heteroatoms. The largest absolute Gasteiger partial charge is 0.404 e. The monoisotopic (exact) mass is 313 g/mol. The Balaban J connectivity index is 2.44. The SMILES string of the molecule is CNc1cc(/C(N)=C/C(=C\N)c2cc(N)c(F)cc2C)ccn1. The molecule has 0 saturated heterocycles. The molecular weight excluding hydrogens is 293 g/mol. The summed E-state index contributed by atoms with van der Waals surface area (Å²) in [6.45, 7) is 1.79. The molecule has 0 unspecified atom stereocenters. The first-order valence-corrected chi connectivity index (χ1v) is 7.05. The first-order valence-electron chi connectivity index (χ1n) is 7.05. The Hall–Kier alpha value is -3.02. The number of nitrogens with zero attached hydrogens (tertiary/aromatic N) is 1. The molecule has 0 bridgehead atoms. The first-order chi connectivity index (χ1) is 11.0. The van der Waals surface area contributed by atoms with Crippen molar-refractivity contribution in [1.82, 2.24) is 4.98 Å². The lowest BCUT2D eigenvalue weighted by molar-refractivity contribution is 0.631. The van der Waals surface area contributed by atoms with Crippen molar-refractivity contribution >= 4 is 22.8 Å². The minimum Gasteiger partial charge on any atom is -0.404 e. The standard InChI is InChI=1S/C17H20FN5/c1-10-5-14(18)16(21)8-13(10)12(9-19)6-15(20)11-3-4-23-17(7-11)22-2/h3-9H,19-21H2,1-2H3,(H,22,23)/b12-9+,15-6-. The Morgan fingerprint density at radius 2 is 2.04 bits per heavy atom. The highest BCUT2D eigenvalue weighted by Crippen LogP contribution is 2.26. The van der Waals surface area contributed by atoms with E-state index in [0.29, 0.717) is 17.1 Å². The van der Waals surface area contributed by atoms with Crippen LogP contribution in [0, 0.1) is 12.7 Å². The Labute approximate surface area is 134 Å². The van der Waals surface area contributed by atoms with Gasteiger partial charge in [-0.1, -0.05) is 0 Å². The highest BCUT2D eigenvalue weighted by molar-refractivity contribution is 5.85. The molecule has 0 fully saturated rings. The zero-order chi connectivity index (χ0) is 17.0. The van der Waals surface area contributed by atoms with Gasteiger partial charge in [0.25, 0.3) is 0 Å². The lowest BCUT2D eigenvalue weighted by Crippen LogP contribution is -2.02. The second-order valence-corrected chi connectivity index (χ2v) is 5.09. The molecule has 1 aromatic carbocycles. The van der Waals surface area contributed by atoms with E-state index >= 15 is 0 Å². The van der Waals surface area contributed by atoms with E-state index in [2.05, 4.69) is 10.3 Å². The summed E-state index contributed by atoms with van der Waals surface area (Å²) in [5.41, 5.74) is 21.0. The van der Waals surface area contributed by atoms with Crippen LogP contribution < -0.4 is 22.5 Å². The average Bonchev–Trinajstić information content (AvgIpc) is 2.56. The van der Waals surface area contributed by atoms with Crippen LogP contribution in [0.5, 0.6) is 0 Å². The van der Waals surface area contributed by atoms with Crippen molar-refractivity contribution in [3.63, 3.8) is 0 Å². The first kappa shape index (κ1) is 16.4. The van der Waals surface area contributed by atoms with Gasteiger partial charge in [-0.15, -0.1) is 0 Å². The molecule has 1 heterocycles. The summed E-state index contributed by atoms with van der Waals surface area (Å²) in [6.07, 6.45) is 4.82. The summed E-state index contributed by atoms with van der Waals surface area (Å²) in [7, 11) is 1.78. The summed E-state index contributed by atoms with van der Waals surface area (Å²) in [6, 6.07) is 6.56. The van der Waals surface area contributed by atoms with Crippen LogP contribution in [0.4, 0.5) is 15.9 Å². The van der Waals surface area contributed by atoms with Gasteiger partial charge in [-0.25, -0.2) is 9.37 Å². The van der Waals surface area contributed by atoms with E-state index in [1.807, 2.05) is 6.07 Å². The van der Waals surface area contributed by atoms with Gasteiger partial charge in [0.2, 0.25) is 0 Å². The third-order valence-corrected chi connectivity index (χ3v) is 3.49. The van der Waals surface area contributed by atoms with Crippen molar-refractivity contribution in [2.75, 3.05) is 18.1 Å². The van der Waals surface area contributed by atoms with Crippen molar-refractivity contribution in [2.24, 2.45) is 11.5 Å². The molecule has 120 valence electrons. The Kier molecular flexibility index (Phi) is 4.85. The van der Waals surface area contributed by atoms with E-state index in [1.165, 1.54) is 12.3 Å². The van der Waals surface area contributed by atoms with Crippen molar-refractivity contribution < 1.29 is 4.39 Å². The van der Waals surface area contributed by atoms with E-state index in [9.17, 15) is 4.39 Å². The average molecular weight is 313 g/mol. The maximum Gasteiger partial charge on any atom is 0.146 e.